The molecule has 5 amide bonds. The van der Waals surface area contributed by atoms with E-state index in [1.807, 2.05) is 0 Å². The van der Waals surface area contributed by atoms with Crippen molar-refractivity contribution in [1.29, 1.82) is 0 Å². The Labute approximate surface area is 259 Å². The SMILES string of the molecule is COC(=O)N[C@H]1CC[C@H](NC(=O)N2C[C@@H](N(C)C(=O)N(C)c3cc(C(F)(F)F)cc(C(F)(F)F)c3)[C@H](c3ccc(F)cn3)C2)CC1. The third-order valence-corrected chi connectivity index (χ3v) is 8.31. The number of methoxy groups -OCH3 is 1. The summed E-state index contributed by atoms with van der Waals surface area (Å²) in [5.41, 5.74) is -3.46. The number of anilines is 1. The van der Waals surface area contributed by atoms with E-state index < -0.39 is 65.1 Å². The topological polar surface area (TPSA) is 107 Å². The number of urea groups is 2. The number of rotatable bonds is 5. The van der Waals surface area contributed by atoms with E-state index in [2.05, 4.69) is 20.4 Å². The summed E-state index contributed by atoms with van der Waals surface area (Å²) in [5, 5.41) is 5.67. The molecule has 4 rings (SSSR count). The number of ether oxygens (including phenoxy) is 1. The van der Waals surface area contributed by atoms with E-state index in [0.29, 0.717) is 48.4 Å². The molecule has 0 radical (unpaired) electrons. The van der Waals surface area contributed by atoms with E-state index in [1.165, 1.54) is 25.1 Å². The highest BCUT2D eigenvalue weighted by Crippen LogP contribution is 2.39. The average Bonchev–Trinajstić information content (AvgIpc) is 3.46. The van der Waals surface area contributed by atoms with Crippen LogP contribution in [-0.2, 0) is 17.1 Å². The lowest BCUT2D eigenvalue weighted by molar-refractivity contribution is -0.143. The summed E-state index contributed by atoms with van der Waals surface area (Å²) in [7, 11) is 3.62. The van der Waals surface area contributed by atoms with Crippen molar-refractivity contribution in [3.05, 3.63) is 59.2 Å². The number of alkyl carbamates (subject to hydrolysis) is 1. The molecule has 1 aliphatic carbocycles. The summed E-state index contributed by atoms with van der Waals surface area (Å²) >= 11 is 0. The normalized spacial score (nSPS) is 21.8. The first kappa shape index (κ1) is 34.6. The average molecular weight is 663 g/mol. The van der Waals surface area contributed by atoms with Crippen LogP contribution in [0.15, 0.2) is 36.5 Å². The van der Waals surface area contributed by atoms with Gasteiger partial charge in [-0.05, 0) is 56.0 Å². The van der Waals surface area contributed by atoms with Crippen LogP contribution in [-0.4, -0.2) is 85.4 Å². The predicted molar refractivity (Wildman–Crippen MR) is 150 cm³/mol. The molecule has 10 nitrogen and oxygen atoms in total. The predicted octanol–water partition coefficient (Wildman–Crippen LogP) is 5.59. The number of carbonyl (C=O) groups excluding carboxylic acids is 3. The van der Waals surface area contributed by atoms with Crippen molar-refractivity contribution in [2.75, 3.05) is 39.2 Å². The number of carbonyl (C=O) groups is 3. The molecule has 2 aromatic rings. The van der Waals surface area contributed by atoms with Gasteiger partial charge in [-0.2, -0.15) is 26.3 Å². The van der Waals surface area contributed by atoms with Gasteiger partial charge in [0.1, 0.15) is 5.82 Å². The first-order valence-corrected chi connectivity index (χ1v) is 14.3. The standard InChI is InChI=1S/C29H33F7N6O4/c1-40(21-11-16(28(31,32)33)10-17(12-21)29(34,35)36)27(45)41(2)24-15-42(14-22(24)23-9-4-18(30)13-37-23)25(43)38-19-5-7-20(8-6-19)39-26(44)46-3/h4,9-13,19-20,22,24H,5-8,14-15H2,1-3H3,(H,38,43)(H,39,44)/t19-,20-,22-,24+/m0/s1. The molecule has 1 aliphatic heterocycles. The molecule has 252 valence electrons. The number of amides is 5. The summed E-state index contributed by atoms with van der Waals surface area (Å²) in [6, 6.07) is 0.860. The van der Waals surface area contributed by atoms with Crippen molar-refractivity contribution < 1.29 is 49.9 Å². The Morgan fingerprint density at radius 3 is 1.96 bits per heavy atom. The number of likely N-dealkylation sites (tertiary alicyclic amines) is 1. The van der Waals surface area contributed by atoms with Crippen molar-refractivity contribution >= 4 is 23.8 Å². The zero-order valence-electron chi connectivity index (χ0n) is 25.1. The van der Waals surface area contributed by atoms with E-state index in [4.69, 9.17) is 0 Å². The number of alkyl halides is 6. The van der Waals surface area contributed by atoms with Crippen LogP contribution in [0.2, 0.25) is 0 Å². The minimum atomic E-state index is -5.11. The maximum Gasteiger partial charge on any atom is 0.416 e. The van der Waals surface area contributed by atoms with Crippen LogP contribution in [0.4, 0.5) is 50.8 Å². The number of hydrogen-bond acceptors (Lipinski definition) is 5. The summed E-state index contributed by atoms with van der Waals surface area (Å²) in [6.45, 7) is -0.0151. The lowest BCUT2D eigenvalue weighted by atomic mass is 9.91. The molecular formula is C29H33F7N6O4. The summed E-state index contributed by atoms with van der Waals surface area (Å²) in [6.07, 6.45) is -7.47. The largest absolute Gasteiger partial charge is 0.453 e. The number of nitrogens with one attached hydrogen (secondary N) is 2. The third-order valence-electron chi connectivity index (χ3n) is 8.31. The van der Waals surface area contributed by atoms with Gasteiger partial charge < -0.3 is 25.2 Å². The number of halogens is 7. The fourth-order valence-corrected chi connectivity index (χ4v) is 5.74. The smallest absolute Gasteiger partial charge is 0.416 e. The number of pyridine rings is 1. The molecular weight excluding hydrogens is 629 g/mol. The lowest BCUT2D eigenvalue weighted by Gasteiger charge is -2.33. The van der Waals surface area contributed by atoms with Gasteiger partial charge in [0.05, 0.1) is 30.5 Å². The van der Waals surface area contributed by atoms with Gasteiger partial charge in [0.2, 0.25) is 0 Å². The highest BCUT2D eigenvalue weighted by molar-refractivity contribution is 5.92. The van der Waals surface area contributed by atoms with Gasteiger partial charge in [-0.1, -0.05) is 0 Å². The van der Waals surface area contributed by atoms with Crippen molar-refractivity contribution in [2.45, 2.75) is 62.1 Å². The number of aromatic nitrogens is 1. The summed E-state index contributed by atoms with van der Waals surface area (Å²) in [4.78, 5) is 45.7. The van der Waals surface area contributed by atoms with E-state index in [9.17, 15) is 45.1 Å². The molecule has 1 aromatic heterocycles. The van der Waals surface area contributed by atoms with Crippen molar-refractivity contribution in [2.24, 2.45) is 0 Å². The van der Waals surface area contributed by atoms with Crippen LogP contribution >= 0.6 is 0 Å². The van der Waals surface area contributed by atoms with Crippen LogP contribution in [0.1, 0.15) is 48.4 Å². The van der Waals surface area contributed by atoms with Gasteiger partial charge in [0, 0.05) is 56.6 Å². The van der Waals surface area contributed by atoms with Gasteiger partial charge in [0.25, 0.3) is 0 Å². The van der Waals surface area contributed by atoms with Crippen LogP contribution in [0.3, 0.4) is 0 Å². The molecule has 46 heavy (non-hydrogen) atoms. The second kappa shape index (κ2) is 13.6. The Morgan fingerprint density at radius 1 is 0.891 bits per heavy atom. The number of nitrogens with zero attached hydrogens (tertiary/aromatic N) is 4. The first-order valence-electron chi connectivity index (χ1n) is 14.3. The Kier molecular flexibility index (Phi) is 10.2. The Morgan fingerprint density at radius 2 is 1.46 bits per heavy atom. The molecule has 2 heterocycles. The van der Waals surface area contributed by atoms with Crippen molar-refractivity contribution in [3.63, 3.8) is 0 Å². The molecule has 1 aromatic carbocycles. The Balaban J connectivity index is 1.53. The van der Waals surface area contributed by atoms with Gasteiger partial charge in [0.15, 0.2) is 0 Å². The van der Waals surface area contributed by atoms with Gasteiger partial charge in [-0.3, -0.25) is 9.88 Å². The zero-order chi connectivity index (χ0) is 34.0. The molecule has 0 spiro atoms. The first-order chi connectivity index (χ1) is 21.5. The molecule has 2 atom stereocenters. The van der Waals surface area contributed by atoms with Crippen LogP contribution in [0, 0.1) is 5.82 Å². The van der Waals surface area contributed by atoms with E-state index in [1.54, 1.807) is 0 Å². The second-order valence-electron chi connectivity index (χ2n) is 11.3. The van der Waals surface area contributed by atoms with E-state index in [-0.39, 0.29) is 31.2 Å². The van der Waals surface area contributed by atoms with Crippen LogP contribution in [0.25, 0.3) is 0 Å². The molecule has 1 saturated heterocycles. The van der Waals surface area contributed by atoms with E-state index in [0.717, 1.165) is 24.2 Å². The molecule has 0 bridgehead atoms. The minimum absolute atomic E-state index is 0.0304. The van der Waals surface area contributed by atoms with Crippen LogP contribution in [0.5, 0.6) is 0 Å². The van der Waals surface area contributed by atoms with Gasteiger partial charge >= 0.3 is 30.5 Å². The fourth-order valence-electron chi connectivity index (χ4n) is 5.74. The molecule has 17 heteroatoms. The molecule has 2 fully saturated rings. The summed E-state index contributed by atoms with van der Waals surface area (Å²) in [5.74, 6) is -1.29. The monoisotopic (exact) mass is 662 g/mol. The quantitative estimate of drug-likeness (QED) is 0.406. The highest BCUT2D eigenvalue weighted by Gasteiger charge is 2.43. The number of hydrogen-bond donors (Lipinski definition) is 2. The maximum absolute atomic E-state index is 13.7. The third kappa shape index (κ3) is 8.09. The van der Waals surface area contributed by atoms with Gasteiger partial charge in [-0.15, -0.1) is 0 Å². The lowest BCUT2D eigenvalue weighted by Crippen LogP contribution is -2.49. The molecule has 2 aliphatic rings. The van der Waals surface area contributed by atoms with Gasteiger partial charge in [-0.25, -0.2) is 18.8 Å². The molecule has 2 N–H and O–H groups in total. The number of benzene rings is 1. The van der Waals surface area contributed by atoms with Crippen molar-refractivity contribution in [3.8, 4) is 0 Å². The second-order valence-corrected chi connectivity index (χ2v) is 11.3. The maximum atomic E-state index is 13.7. The Hall–Kier alpha value is -4.31. The molecule has 1 saturated carbocycles. The number of likely N-dealkylation sites (N-methyl/N-ethyl adjacent to an activating group) is 1. The molecule has 0 unspecified atom stereocenters. The minimum Gasteiger partial charge on any atom is -0.453 e. The van der Waals surface area contributed by atoms with Crippen LogP contribution < -0.4 is 15.5 Å². The summed E-state index contributed by atoms with van der Waals surface area (Å²) < 4.78 is 99.1. The fraction of sp³-hybridized carbons (Fsp3) is 0.517. The highest BCUT2D eigenvalue weighted by atomic mass is 19.4. The Bertz CT molecular complexity index is 1380. The van der Waals surface area contributed by atoms with E-state index >= 15 is 0 Å². The zero-order valence-corrected chi connectivity index (χ0v) is 25.1. The van der Waals surface area contributed by atoms with Crippen molar-refractivity contribution in [1.82, 2.24) is 25.4 Å².